The van der Waals surface area contributed by atoms with Crippen LogP contribution in [0.25, 0.3) is 10.9 Å². The highest BCUT2D eigenvalue weighted by Gasteiger charge is 2.26. The van der Waals surface area contributed by atoms with Gasteiger partial charge in [0.25, 0.3) is 5.91 Å². The number of fused-ring (bicyclic) bond motifs is 1. The number of sulfonamides is 1. The van der Waals surface area contributed by atoms with Crippen LogP contribution in [0.4, 0.5) is 0 Å². The van der Waals surface area contributed by atoms with E-state index in [0.717, 1.165) is 30.0 Å². The molecule has 3 rings (SSSR count). The summed E-state index contributed by atoms with van der Waals surface area (Å²) >= 11 is 0. The van der Waals surface area contributed by atoms with E-state index < -0.39 is 10.0 Å². The first-order valence-electron chi connectivity index (χ1n) is 7.27. The molecule has 1 aliphatic rings. The minimum Gasteiger partial charge on any atom is -0.351 e. The highest BCUT2D eigenvalue weighted by atomic mass is 32.2. The number of nitrogens with one attached hydrogen (secondary N) is 2. The summed E-state index contributed by atoms with van der Waals surface area (Å²) in [5.74, 6) is -0.0869. The van der Waals surface area contributed by atoms with Gasteiger partial charge in [-0.3, -0.25) is 4.79 Å². The lowest BCUT2D eigenvalue weighted by molar-refractivity contribution is 0.0698. The van der Waals surface area contributed by atoms with Crippen molar-refractivity contribution in [3.8, 4) is 0 Å². The maximum atomic E-state index is 12.6. The molecule has 1 aliphatic heterocycles. The second-order valence-corrected chi connectivity index (χ2v) is 7.53. The van der Waals surface area contributed by atoms with E-state index in [-0.39, 0.29) is 11.9 Å². The molecule has 118 valence electrons. The first-order valence-corrected chi connectivity index (χ1v) is 9.16. The summed E-state index contributed by atoms with van der Waals surface area (Å²) in [4.78, 5) is 17.4. The van der Waals surface area contributed by atoms with Crippen LogP contribution in [0.1, 0.15) is 23.3 Å². The Labute approximate surface area is 129 Å². The number of para-hydroxylation sites is 1. The summed E-state index contributed by atoms with van der Waals surface area (Å²) in [7, 11) is -3.25. The number of benzene rings is 1. The van der Waals surface area contributed by atoms with Crippen molar-refractivity contribution < 1.29 is 13.2 Å². The van der Waals surface area contributed by atoms with Crippen molar-refractivity contribution in [1.82, 2.24) is 14.6 Å². The number of hydrogen-bond donors (Lipinski definition) is 2. The van der Waals surface area contributed by atoms with Crippen LogP contribution in [0, 0.1) is 0 Å². The number of likely N-dealkylation sites (tertiary alicyclic amines) is 1. The Morgan fingerprint density at radius 1 is 1.36 bits per heavy atom. The second-order valence-electron chi connectivity index (χ2n) is 5.75. The van der Waals surface area contributed by atoms with Gasteiger partial charge in [-0.05, 0) is 25.0 Å². The van der Waals surface area contributed by atoms with Gasteiger partial charge in [-0.1, -0.05) is 18.2 Å². The zero-order valence-corrected chi connectivity index (χ0v) is 13.2. The van der Waals surface area contributed by atoms with Crippen LogP contribution in [0.5, 0.6) is 0 Å². The van der Waals surface area contributed by atoms with E-state index in [0.29, 0.717) is 18.8 Å². The van der Waals surface area contributed by atoms with Gasteiger partial charge in [0.15, 0.2) is 0 Å². The normalized spacial score (nSPS) is 19.5. The molecular formula is C15H19N3O3S. The van der Waals surface area contributed by atoms with E-state index in [1.54, 1.807) is 4.90 Å². The number of nitrogens with zero attached hydrogens (tertiary/aromatic N) is 1. The lowest BCUT2D eigenvalue weighted by Gasteiger charge is -2.32. The number of carbonyl (C=O) groups is 1. The van der Waals surface area contributed by atoms with Crippen molar-refractivity contribution in [3.63, 3.8) is 0 Å². The SMILES string of the molecule is CS(=O)(=O)NC1CCCN(C(=O)c2cc3ccccc3[nH]2)C1. The molecule has 1 saturated heterocycles. The number of H-pyrrole nitrogens is 1. The Balaban J connectivity index is 1.76. The van der Waals surface area contributed by atoms with Gasteiger partial charge in [0.05, 0.1) is 6.26 Å². The molecule has 1 aromatic carbocycles. The molecular weight excluding hydrogens is 302 g/mol. The van der Waals surface area contributed by atoms with Crippen molar-refractivity contribution >= 4 is 26.8 Å². The highest BCUT2D eigenvalue weighted by molar-refractivity contribution is 7.88. The van der Waals surface area contributed by atoms with Gasteiger partial charge in [0.1, 0.15) is 5.69 Å². The average Bonchev–Trinajstić information content (AvgIpc) is 2.88. The highest BCUT2D eigenvalue weighted by Crippen LogP contribution is 2.18. The molecule has 0 saturated carbocycles. The van der Waals surface area contributed by atoms with E-state index in [1.165, 1.54) is 0 Å². The predicted molar refractivity (Wildman–Crippen MR) is 85.2 cm³/mol. The molecule has 7 heteroatoms. The van der Waals surface area contributed by atoms with Gasteiger partial charge in [-0.2, -0.15) is 0 Å². The first kappa shape index (κ1) is 15.1. The molecule has 1 amide bonds. The molecule has 0 spiro atoms. The van der Waals surface area contributed by atoms with Crippen molar-refractivity contribution in [1.29, 1.82) is 0 Å². The third kappa shape index (κ3) is 3.31. The fourth-order valence-corrected chi connectivity index (χ4v) is 3.72. The molecule has 0 aliphatic carbocycles. The lowest BCUT2D eigenvalue weighted by Crippen LogP contribution is -2.49. The van der Waals surface area contributed by atoms with Crippen LogP contribution in [0.3, 0.4) is 0 Å². The fourth-order valence-electron chi connectivity index (χ4n) is 2.92. The van der Waals surface area contributed by atoms with Gasteiger partial charge in [0, 0.05) is 30.0 Å². The number of amides is 1. The number of rotatable bonds is 3. The van der Waals surface area contributed by atoms with Crippen molar-refractivity contribution in [2.45, 2.75) is 18.9 Å². The minimum absolute atomic E-state index is 0.0869. The smallest absolute Gasteiger partial charge is 0.270 e. The molecule has 22 heavy (non-hydrogen) atoms. The molecule has 0 bridgehead atoms. The van der Waals surface area contributed by atoms with Gasteiger partial charge < -0.3 is 9.88 Å². The third-order valence-electron chi connectivity index (χ3n) is 3.85. The summed E-state index contributed by atoms with van der Waals surface area (Å²) in [5, 5.41) is 0.994. The summed E-state index contributed by atoms with van der Waals surface area (Å²) in [5.41, 5.74) is 1.47. The van der Waals surface area contributed by atoms with Gasteiger partial charge in [0.2, 0.25) is 10.0 Å². The van der Waals surface area contributed by atoms with Crippen molar-refractivity contribution in [3.05, 3.63) is 36.0 Å². The van der Waals surface area contributed by atoms with Crippen LogP contribution in [-0.2, 0) is 10.0 Å². The first-order chi connectivity index (χ1) is 10.4. The van der Waals surface area contributed by atoms with Gasteiger partial charge in [-0.15, -0.1) is 0 Å². The van der Waals surface area contributed by atoms with Crippen LogP contribution in [0.15, 0.2) is 30.3 Å². The molecule has 1 atom stereocenters. The van der Waals surface area contributed by atoms with Crippen LogP contribution < -0.4 is 4.72 Å². The molecule has 1 fully saturated rings. The van der Waals surface area contributed by atoms with Crippen molar-refractivity contribution in [2.24, 2.45) is 0 Å². The summed E-state index contributed by atoms with van der Waals surface area (Å²) < 4.78 is 25.3. The van der Waals surface area contributed by atoms with Crippen LogP contribution >= 0.6 is 0 Å². The van der Waals surface area contributed by atoms with Crippen LogP contribution in [0.2, 0.25) is 0 Å². The van der Waals surface area contributed by atoms with E-state index in [1.807, 2.05) is 30.3 Å². The Morgan fingerprint density at radius 3 is 2.86 bits per heavy atom. The summed E-state index contributed by atoms with van der Waals surface area (Å²) in [6.45, 7) is 1.05. The Morgan fingerprint density at radius 2 is 2.14 bits per heavy atom. The minimum atomic E-state index is -3.25. The number of piperidine rings is 1. The maximum Gasteiger partial charge on any atom is 0.270 e. The van der Waals surface area contributed by atoms with E-state index in [2.05, 4.69) is 9.71 Å². The molecule has 2 aromatic rings. The average molecular weight is 321 g/mol. The number of hydrogen-bond acceptors (Lipinski definition) is 3. The Hall–Kier alpha value is -1.86. The van der Waals surface area contributed by atoms with Crippen molar-refractivity contribution in [2.75, 3.05) is 19.3 Å². The summed E-state index contributed by atoms with van der Waals surface area (Å²) in [6, 6.07) is 9.35. The van der Waals surface area contributed by atoms with Gasteiger partial charge in [-0.25, -0.2) is 13.1 Å². The van der Waals surface area contributed by atoms with Gasteiger partial charge >= 0.3 is 0 Å². The fraction of sp³-hybridized carbons (Fsp3) is 0.400. The third-order valence-corrected chi connectivity index (χ3v) is 4.61. The zero-order valence-electron chi connectivity index (χ0n) is 12.4. The topological polar surface area (TPSA) is 82.3 Å². The monoisotopic (exact) mass is 321 g/mol. The molecule has 6 nitrogen and oxygen atoms in total. The number of aromatic amines is 1. The predicted octanol–water partition coefficient (Wildman–Crippen LogP) is 1.32. The Bertz CT molecular complexity index is 764. The number of carbonyl (C=O) groups excluding carboxylic acids is 1. The van der Waals surface area contributed by atoms with E-state index in [9.17, 15) is 13.2 Å². The lowest BCUT2D eigenvalue weighted by atomic mass is 10.1. The van der Waals surface area contributed by atoms with Crippen LogP contribution in [-0.4, -0.2) is 49.6 Å². The Kier molecular flexibility index (Phi) is 3.92. The maximum absolute atomic E-state index is 12.6. The molecule has 2 N–H and O–H groups in total. The largest absolute Gasteiger partial charge is 0.351 e. The summed E-state index contributed by atoms with van der Waals surface area (Å²) in [6.07, 6.45) is 2.69. The second kappa shape index (κ2) is 5.73. The molecule has 1 aromatic heterocycles. The molecule has 0 radical (unpaired) electrons. The standard InChI is InChI=1S/C15H19N3O3S/c1-22(20,21)17-12-6-4-8-18(10-12)15(19)14-9-11-5-2-3-7-13(11)16-14/h2-3,5,7,9,12,16-17H,4,6,8,10H2,1H3. The number of aromatic nitrogens is 1. The molecule has 2 heterocycles. The van der Waals surface area contributed by atoms with E-state index >= 15 is 0 Å². The van der Waals surface area contributed by atoms with E-state index in [4.69, 9.17) is 0 Å². The zero-order chi connectivity index (χ0) is 15.7. The quantitative estimate of drug-likeness (QED) is 0.894. The molecule has 1 unspecified atom stereocenters.